The molecule has 1 N–H and O–H groups in total. The average molecular weight is 535 g/mol. The van der Waals surface area contributed by atoms with Crippen LogP contribution in [0.25, 0.3) is 17.3 Å². The Morgan fingerprint density at radius 3 is 2.49 bits per heavy atom. The van der Waals surface area contributed by atoms with Crippen LogP contribution in [0.3, 0.4) is 0 Å². The molecule has 0 aliphatic heterocycles. The van der Waals surface area contributed by atoms with Crippen LogP contribution in [0.15, 0.2) is 72.8 Å². The number of halogens is 1. The molecule has 37 heavy (non-hydrogen) atoms. The summed E-state index contributed by atoms with van der Waals surface area (Å²) in [4.78, 5) is 18.2. The molecule has 4 rings (SSSR count). The van der Waals surface area contributed by atoms with Crippen LogP contribution >= 0.6 is 22.9 Å². The molecule has 0 aliphatic rings. The number of methoxy groups -OCH3 is 1. The molecule has 0 atom stereocenters. The number of aromatic nitrogens is 1. The number of anilines is 1. The normalized spacial score (nSPS) is 10.9. The van der Waals surface area contributed by atoms with Gasteiger partial charge in [-0.15, -0.1) is 11.3 Å². The average Bonchev–Trinajstić information content (AvgIpc) is 3.27. The maximum atomic E-state index is 12.6. The first-order valence-electron chi connectivity index (χ1n) is 11.7. The van der Waals surface area contributed by atoms with E-state index in [1.807, 2.05) is 80.6 Å². The highest BCUT2D eigenvalue weighted by Gasteiger charge is 2.12. The smallest absolute Gasteiger partial charge is 0.250 e. The fourth-order valence-corrected chi connectivity index (χ4v) is 4.53. The zero-order chi connectivity index (χ0) is 26.2. The first-order chi connectivity index (χ1) is 17.9. The lowest BCUT2D eigenvalue weighted by atomic mass is 10.1. The minimum atomic E-state index is -0.269. The van der Waals surface area contributed by atoms with E-state index < -0.39 is 0 Å². The van der Waals surface area contributed by atoms with Gasteiger partial charge >= 0.3 is 0 Å². The van der Waals surface area contributed by atoms with Crippen LogP contribution in [0.2, 0.25) is 5.02 Å². The maximum absolute atomic E-state index is 12.6. The number of carbonyl (C=O) groups is 1. The Balaban J connectivity index is 1.38. The number of thiazole rings is 1. The van der Waals surface area contributed by atoms with E-state index in [2.05, 4.69) is 10.3 Å². The van der Waals surface area contributed by atoms with E-state index in [1.54, 1.807) is 13.2 Å². The van der Waals surface area contributed by atoms with E-state index in [0.29, 0.717) is 34.9 Å². The summed E-state index contributed by atoms with van der Waals surface area (Å²) < 4.78 is 16.9. The topological polar surface area (TPSA) is 69.7 Å². The molecule has 190 valence electrons. The lowest BCUT2D eigenvalue weighted by molar-refractivity contribution is -0.111. The molecule has 1 amide bonds. The largest absolute Gasteiger partial charge is 0.494 e. The second-order valence-electron chi connectivity index (χ2n) is 8.03. The highest BCUT2D eigenvalue weighted by molar-refractivity contribution is 7.16. The van der Waals surface area contributed by atoms with Crippen LogP contribution in [-0.2, 0) is 11.4 Å². The number of nitrogens with zero attached hydrogens (tertiary/aromatic N) is 1. The van der Waals surface area contributed by atoms with Crippen molar-refractivity contribution >= 4 is 40.1 Å². The molecule has 0 fully saturated rings. The van der Waals surface area contributed by atoms with Crippen LogP contribution in [0.1, 0.15) is 22.9 Å². The second-order valence-corrected chi connectivity index (χ2v) is 9.67. The fourth-order valence-electron chi connectivity index (χ4n) is 3.56. The van der Waals surface area contributed by atoms with E-state index in [9.17, 15) is 4.79 Å². The minimum Gasteiger partial charge on any atom is -0.494 e. The SMILES string of the molecule is CCOc1ccc(-c2nc(NC(=O)/C=C/c3ccc(OCc4ccc(Cl)cc4)c(OC)c3)sc2C)cc1. The molecule has 6 nitrogen and oxygen atoms in total. The Morgan fingerprint density at radius 2 is 1.78 bits per heavy atom. The summed E-state index contributed by atoms with van der Waals surface area (Å²) in [6.45, 7) is 4.94. The molecule has 8 heteroatoms. The van der Waals surface area contributed by atoms with Crippen molar-refractivity contribution in [3.05, 3.63) is 93.8 Å². The van der Waals surface area contributed by atoms with E-state index in [-0.39, 0.29) is 5.91 Å². The number of carbonyl (C=O) groups excluding carboxylic acids is 1. The van der Waals surface area contributed by atoms with Crippen molar-refractivity contribution in [3.8, 4) is 28.5 Å². The third-order valence-electron chi connectivity index (χ3n) is 5.39. The molecule has 3 aromatic carbocycles. The lowest BCUT2D eigenvalue weighted by Crippen LogP contribution is -2.07. The molecule has 0 saturated carbocycles. The van der Waals surface area contributed by atoms with Crippen molar-refractivity contribution < 1.29 is 19.0 Å². The third-order valence-corrected chi connectivity index (χ3v) is 6.53. The Kier molecular flexibility index (Phi) is 8.82. The van der Waals surface area contributed by atoms with Crippen molar-refractivity contribution in [2.24, 2.45) is 0 Å². The summed E-state index contributed by atoms with van der Waals surface area (Å²) >= 11 is 7.37. The van der Waals surface area contributed by atoms with E-state index in [1.165, 1.54) is 17.4 Å². The van der Waals surface area contributed by atoms with Crippen molar-refractivity contribution in [1.82, 2.24) is 4.98 Å². The summed E-state index contributed by atoms with van der Waals surface area (Å²) in [5.74, 6) is 1.73. The van der Waals surface area contributed by atoms with Gasteiger partial charge in [-0.3, -0.25) is 10.1 Å². The minimum absolute atomic E-state index is 0.269. The number of nitrogens with one attached hydrogen (secondary N) is 1. The van der Waals surface area contributed by atoms with Gasteiger partial charge in [-0.25, -0.2) is 4.98 Å². The molecule has 0 unspecified atom stereocenters. The predicted octanol–water partition coefficient (Wildman–Crippen LogP) is 7.41. The predicted molar refractivity (Wildman–Crippen MR) is 150 cm³/mol. The fraction of sp³-hybridized carbons (Fsp3) is 0.172. The zero-order valence-corrected chi connectivity index (χ0v) is 22.4. The molecular weight excluding hydrogens is 508 g/mol. The molecule has 0 spiro atoms. The summed E-state index contributed by atoms with van der Waals surface area (Å²) in [6.07, 6.45) is 3.19. The third kappa shape index (κ3) is 7.12. The monoisotopic (exact) mass is 534 g/mol. The molecule has 1 aromatic heterocycles. The molecular formula is C29H27ClN2O4S. The number of rotatable bonds is 10. The van der Waals surface area contributed by atoms with E-state index in [0.717, 1.165) is 33.0 Å². The van der Waals surface area contributed by atoms with Gasteiger partial charge in [0.25, 0.3) is 0 Å². The van der Waals surface area contributed by atoms with Gasteiger partial charge in [0.05, 0.1) is 19.4 Å². The van der Waals surface area contributed by atoms with Gasteiger partial charge < -0.3 is 14.2 Å². The van der Waals surface area contributed by atoms with Crippen LogP contribution in [0.4, 0.5) is 5.13 Å². The maximum Gasteiger partial charge on any atom is 0.250 e. The van der Waals surface area contributed by atoms with Gasteiger partial charge in [0.1, 0.15) is 12.4 Å². The summed E-state index contributed by atoms with van der Waals surface area (Å²) in [7, 11) is 1.58. The highest BCUT2D eigenvalue weighted by Crippen LogP contribution is 2.32. The van der Waals surface area contributed by atoms with Crippen molar-refractivity contribution in [2.45, 2.75) is 20.5 Å². The van der Waals surface area contributed by atoms with Crippen molar-refractivity contribution in [3.63, 3.8) is 0 Å². The first-order valence-corrected chi connectivity index (χ1v) is 12.9. The molecule has 0 saturated heterocycles. The van der Waals surface area contributed by atoms with Gasteiger partial charge in [0.15, 0.2) is 16.6 Å². The Morgan fingerprint density at radius 1 is 1.03 bits per heavy atom. The molecule has 4 aromatic rings. The number of amides is 1. The Labute approximate surface area is 225 Å². The Hall–Kier alpha value is -3.81. The number of ether oxygens (including phenoxy) is 3. The van der Waals surface area contributed by atoms with E-state index >= 15 is 0 Å². The summed E-state index contributed by atoms with van der Waals surface area (Å²) in [5.41, 5.74) is 3.61. The lowest BCUT2D eigenvalue weighted by Gasteiger charge is -2.11. The van der Waals surface area contributed by atoms with Crippen LogP contribution in [0, 0.1) is 6.92 Å². The van der Waals surface area contributed by atoms with E-state index in [4.69, 9.17) is 25.8 Å². The van der Waals surface area contributed by atoms with Gasteiger partial charge in [0.2, 0.25) is 5.91 Å². The number of hydrogen-bond donors (Lipinski definition) is 1. The highest BCUT2D eigenvalue weighted by atomic mass is 35.5. The van der Waals surface area contributed by atoms with Gasteiger partial charge in [-0.2, -0.15) is 0 Å². The second kappa shape index (κ2) is 12.4. The number of benzene rings is 3. The van der Waals surface area contributed by atoms with Crippen molar-refractivity contribution in [2.75, 3.05) is 19.0 Å². The Bertz CT molecular complexity index is 1380. The molecule has 1 heterocycles. The molecule has 0 aliphatic carbocycles. The zero-order valence-electron chi connectivity index (χ0n) is 20.8. The number of aryl methyl sites for hydroxylation is 1. The van der Waals surface area contributed by atoms with Gasteiger partial charge in [-0.1, -0.05) is 29.8 Å². The van der Waals surface area contributed by atoms with Crippen molar-refractivity contribution in [1.29, 1.82) is 0 Å². The molecule has 0 bridgehead atoms. The summed E-state index contributed by atoms with van der Waals surface area (Å²) in [5, 5.41) is 4.07. The standard InChI is InChI=1S/C29H27ClN2O4S/c1-4-35-24-13-9-22(10-14-24)28-19(2)37-29(32-28)31-27(33)16-8-20-7-15-25(26(17-20)34-3)36-18-21-5-11-23(30)12-6-21/h5-17H,4,18H2,1-3H3,(H,31,32,33)/b16-8+. The number of hydrogen-bond acceptors (Lipinski definition) is 6. The van der Waals surface area contributed by atoms with Crippen LogP contribution in [0.5, 0.6) is 17.2 Å². The van der Waals surface area contributed by atoms with Crippen LogP contribution in [-0.4, -0.2) is 24.6 Å². The first kappa shape index (κ1) is 26.3. The quantitative estimate of drug-likeness (QED) is 0.214. The van der Waals surface area contributed by atoms with Gasteiger partial charge in [-0.05, 0) is 79.6 Å². The van der Waals surface area contributed by atoms with Crippen LogP contribution < -0.4 is 19.5 Å². The van der Waals surface area contributed by atoms with Gasteiger partial charge in [0, 0.05) is 21.5 Å². The summed E-state index contributed by atoms with van der Waals surface area (Å²) in [6, 6.07) is 20.7. The molecule has 0 radical (unpaired) electrons.